The largest absolute Gasteiger partial charge is 0.439 e. The topological polar surface area (TPSA) is 48.1 Å². The van der Waals surface area contributed by atoms with E-state index in [2.05, 4.69) is 4.98 Å². The van der Waals surface area contributed by atoms with Gasteiger partial charge in [0.05, 0.1) is 5.02 Å². The van der Waals surface area contributed by atoms with Crippen molar-refractivity contribution in [3.05, 3.63) is 46.9 Å². The minimum Gasteiger partial charge on any atom is -0.439 e. The normalized spacial score (nSPS) is 10.3. The molecule has 0 fully saturated rings. The molecule has 3 nitrogen and oxygen atoms in total. The molecule has 0 radical (unpaired) electrons. The monoisotopic (exact) mass is 252 g/mol. The highest BCUT2D eigenvalue weighted by atomic mass is 35.5. The van der Waals surface area contributed by atoms with Gasteiger partial charge in [0.1, 0.15) is 11.6 Å². The molecule has 0 amide bonds. The van der Waals surface area contributed by atoms with Gasteiger partial charge in [-0.3, -0.25) is 0 Å². The molecule has 1 aromatic heterocycles. The number of nitrogens with zero attached hydrogens (tertiary/aromatic N) is 1. The zero-order valence-electron chi connectivity index (χ0n) is 9.08. The summed E-state index contributed by atoms with van der Waals surface area (Å²) in [5.41, 5.74) is 7.18. The average molecular weight is 253 g/mol. The quantitative estimate of drug-likeness (QED) is 0.889. The van der Waals surface area contributed by atoms with Crippen molar-refractivity contribution in [2.75, 3.05) is 5.73 Å². The number of halogens is 2. The number of hydrogen-bond donors (Lipinski definition) is 1. The van der Waals surface area contributed by atoms with E-state index in [1.807, 2.05) is 6.92 Å². The molecular weight excluding hydrogens is 243 g/mol. The first-order valence-corrected chi connectivity index (χ1v) is 5.29. The Morgan fingerprint density at radius 1 is 1.35 bits per heavy atom. The Morgan fingerprint density at radius 2 is 2.12 bits per heavy atom. The summed E-state index contributed by atoms with van der Waals surface area (Å²) in [7, 11) is 0. The van der Waals surface area contributed by atoms with E-state index in [1.165, 1.54) is 18.2 Å². The Labute approximate surface area is 103 Å². The van der Waals surface area contributed by atoms with Gasteiger partial charge in [-0.15, -0.1) is 0 Å². The van der Waals surface area contributed by atoms with E-state index in [0.717, 1.165) is 5.56 Å². The molecule has 0 unspecified atom stereocenters. The maximum atomic E-state index is 12.9. The molecule has 2 aromatic rings. The van der Waals surface area contributed by atoms with Crippen molar-refractivity contribution in [1.29, 1.82) is 0 Å². The summed E-state index contributed by atoms with van der Waals surface area (Å²) in [6.45, 7) is 1.85. The summed E-state index contributed by atoms with van der Waals surface area (Å²) in [5, 5.41) is 0.00239. The van der Waals surface area contributed by atoms with Gasteiger partial charge in [-0.2, -0.15) is 0 Å². The van der Waals surface area contributed by atoms with Gasteiger partial charge in [0.25, 0.3) is 0 Å². The van der Waals surface area contributed by atoms with Crippen molar-refractivity contribution < 1.29 is 9.13 Å². The summed E-state index contributed by atoms with van der Waals surface area (Å²) in [6.07, 6.45) is 1.61. The standard InChI is InChI=1S/C12H10ClFN2O/c1-7-6-16-12(5-11(7)15)17-8-2-3-10(14)9(13)4-8/h2-6H,1H3,(H2,15,16). The Kier molecular flexibility index (Phi) is 3.15. The van der Waals surface area contributed by atoms with Crippen LogP contribution in [0.5, 0.6) is 11.6 Å². The molecule has 0 saturated heterocycles. The summed E-state index contributed by atoms with van der Waals surface area (Å²) in [6, 6.07) is 5.69. The SMILES string of the molecule is Cc1cnc(Oc2ccc(F)c(Cl)c2)cc1N. The molecule has 88 valence electrons. The minimum atomic E-state index is -0.490. The maximum absolute atomic E-state index is 12.9. The van der Waals surface area contributed by atoms with Crippen molar-refractivity contribution in [2.24, 2.45) is 0 Å². The Bertz CT molecular complexity index is 511. The van der Waals surface area contributed by atoms with E-state index in [-0.39, 0.29) is 5.02 Å². The summed E-state index contributed by atoms with van der Waals surface area (Å²) >= 11 is 5.64. The van der Waals surface area contributed by atoms with Crippen molar-refractivity contribution in [3.63, 3.8) is 0 Å². The third kappa shape index (κ3) is 2.65. The van der Waals surface area contributed by atoms with Gasteiger partial charge >= 0.3 is 0 Å². The molecule has 0 saturated carbocycles. The predicted octanol–water partition coefficient (Wildman–Crippen LogP) is 3.56. The number of aromatic nitrogens is 1. The van der Waals surface area contributed by atoms with Crippen LogP contribution < -0.4 is 10.5 Å². The second kappa shape index (κ2) is 4.59. The number of nitrogens with two attached hydrogens (primary N) is 1. The first-order valence-electron chi connectivity index (χ1n) is 4.91. The van der Waals surface area contributed by atoms with E-state index >= 15 is 0 Å². The third-order valence-electron chi connectivity index (χ3n) is 2.23. The van der Waals surface area contributed by atoms with Gasteiger partial charge in [-0.1, -0.05) is 11.6 Å². The number of nitrogen functional groups attached to an aromatic ring is 1. The van der Waals surface area contributed by atoms with Crippen molar-refractivity contribution in [1.82, 2.24) is 4.98 Å². The van der Waals surface area contributed by atoms with Crippen LogP contribution in [0.2, 0.25) is 5.02 Å². The van der Waals surface area contributed by atoms with Gasteiger partial charge < -0.3 is 10.5 Å². The fourth-order valence-corrected chi connectivity index (χ4v) is 1.41. The number of aryl methyl sites for hydroxylation is 1. The molecule has 0 bridgehead atoms. The molecule has 0 atom stereocenters. The predicted molar refractivity (Wildman–Crippen MR) is 64.9 cm³/mol. The number of rotatable bonds is 2. The fraction of sp³-hybridized carbons (Fsp3) is 0.0833. The van der Waals surface area contributed by atoms with Crippen molar-refractivity contribution in [2.45, 2.75) is 6.92 Å². The maximum Gasteiger partial charge on any atom is 0.221 e. The molecule has 0 spiro atoms. The summed E-state index contributed by atoms with van der Waals surface area (Å²) < 4.78 is 18.3. The van der Waals surface area contributed by atoms with Crippen LogP contribution in [0, 0.1) is 12.7 Å². The number of benzene rings is 1. The highest BCUT2D eigenvalue weighted by Gasteiger charge is 2.04. The Morgan fingerprint density at radius 3 is 2.76 bits per heavy atom. The van der Waals surface area contributed by atoms with Crippen molar-refractivity contribution in [3.8, 4) is 11.6 Å². The second-order valence-corrected chi connectivity index (χ2v) is 3.96. The molecule has 1 aromatic carbocycles. The Balaban J connectivity index is 2.25. The van der Waals surface area contributed by atoms with Crippen LogP contribution in [0.3, 0.4) is 0 Å². The van der Waals surface area contributed by atoms with Gasteiger partial charge in [-0.05, 0) is 24.6 Å². The Hall–Kier alpha value is -1.81. The van der Waals surface area contributed by atoms with Gasteiger partial charge in [-0.25, -0.2) is 9.37 Å². The number of pyridine rings is 1. The lowest BCUT2D eigenvalue weighted by atomic mass is 10.3. The molecule has 5 heteroatoms. The van der Waals surface area contributed by atoms with E-state index in [4.69, 9.17) is 22.1 Å². The molecular formula is C12H10ClFN2O. The van der Waals surface area contributed by atoms with Gasteiger partial charge in [0.15, 0.2) is 0 Å². The lowest BCUT2D eigenvalue weighted by molar-refractivity contribution is 0.461. The summed E-state index contributed by atoms with van der Waals surface area (Å²) in [5.74, 6) is 0.262. The zero-order chi connectivity index (χ0) is 12.4. The molecule has 0 aliphatic rings. The van der Waals surface area contributed by atoms with Crippen LogP contribution in [-0.2, 0) is 0 Å². The van der Waals surface area contributed by atoms with Crippen LogP contribution >= 0.6 is 11.6 Å². The van der Waals surface area contributed by atoms with Crippen molar-refractivity contribution >= 4 is 17.3 Å². The molecule has 2 rings (SSSR count). The van der Waals surface area contributed by atoms with Gasteiger partial charge in [0.2, 0.25) is 5.88 Å². The van der Waals surface area contributed by atoms with Gasteiger partial charge in [0, 0.05) is 24.0 Å². The number of anilines is 1. The molecule has 2 N–H and O–H groups in total. The van der Waals surface area contributed by atoms with Crippen LogP contribution in [0.4, 0.5) is 10.1 Å². The van der Waals surface area contributed by atoms with E-state index in [1.54, 1.807) is 12.3 Å². The van der Waals surface area contributed by atoms with Crippen LogP contribution in [-0.4, -0.2) is 4.98 Å². The minimum absolute atomic E-state index is 0.00239. The molecule has 0 aliphatic heterocycles. The van der Waals surface area contributed by atoms with Crippen LogP contribution in [0.15, 0.2) is 30.5 Å². The third-order valence-corrected chi connectivity index (χ3v) is 2.52. The number of ether oxygens (including phenoxy) is 1. The molecule has 17 heavy (non-hydrogen) atoms. The molecule has 0 aliphatic carbocycles. The first kappa shape index (κ1) is 11.7. The summed E-state index contributed by atoms with van der Waals surface area (Å²) in [4.78, 5) is 4.05. The second-order valence-electron chi connectivity index (χ2n) is 3.56. The highest BCUT2D eigenvalue weighted by molar-refractivity contribution is 6.30. The zero-order valence-corrected chi connectivity index (χ0v) is 9.83. The number of hydrogen-bond acceptors (Lipinski definition) is 3. The van der Waals surface area contributed by atoms with Crippen LogP contribution in [0.1, 0.15) is 5.56 Å². The van der Waals surface area contributed by atoms with Crippen LogP contribution in [0.25, 0.3) is 0 Å². The average Bonchev–Trinajstić information content (AvgIpc) is 2.29. The van der Waals surface area contributed by atoms with E-state index in [0.29, 0.717) is 17.3 Å². The fourth-order valence-electron chi connectivity index (χ4n) is 1.24. The first-order chi connectivity index (χ1) is 8.06. The van der Waals surface area contributed by atoms with E-state index in [9.17, 15) is 4.39 Å². The smallest absolute Gasteiger partial charge is 0.221 e. The highest BCUT2D eigenvalue weighted by Crippen LogP contribution is 2.26. The lowest BCUT2D eigenvalue weighted by Gasteiger charge is -2.07. The van der Waals surface area contributed by atoms with E-state index < -0.39 is 5.82 Å². The lowest BCUT2D eigenvalue weighted by Crippen LogP contribution is -1.94. The molecule has 1 heterocycles.